The fourth-order valence-corrected chi connectivity index (χ4v) is 1.20. The summed E-state index contributed by atoms with van der Waals surface area (Å²) in [5.41, 5.74) is -0.572. The number of halogens is 1. The van der Waals surface area contributed by atoms with Crippen LogP contribution in [0.15, 0.2) is 29.1 Å². The van der Waals surface area contributed by atoms with Gasteiger partial charge in [0.25, 0.3) is 0 Å². The van der Waals surface area contributed by atoms with Crippen LogP contribution in [0.1, 0.15) is 10.6 Å². The highest BCUT2D eigenvalue weighted by atomic mass is 19.1. The predicted octanol–water partition coefficient (Wildman–Crippen LogP) is 0.398. The molecule has 6 nitrogen and oxygen atoms in total. The summed E-state index contributed by atoms with van der Waals surface area (Å²) < 4.78 is 13.7. The van der Waals surface area contributed by atoms with Crippen LogP contribution < -0.4 is 5.69 Å². The number of nitrogens with one attached hydrogen (secondary N) is 1. The number of carboxylic acids is 1. The van der Waals surface area contributed by atoms with Gasteiger partial charge in [0.2, 0.25) is 5.82 Å². The van der Waals surface area contributed by atoms with E-state index in [1.807, 2.05) is 4.98 Å². The fourth-order valence-electron chi connectivity index (χ4n) is 1.20. The standard InChI is InChI=1S/C9H6FN3O3/c10-5-2-1-3-6(4-5)13-9(16)11-7(12-13)8(14)15/h1-4H,(H,14,15)(H,11,12,16). The van der Waals surface area contributed by atoms with Gasteiger partial charge in [-0.05, 0) is 18.2 Å². The number of hydrogen-bond acceptors (Lipinski definition) is 3. The minimum Gasteiger partial charge on any atom is -0.475 e. The highest BCUT2D eigenvalue weighted by molar-refractivity contribution is 5.82. The van der Waals surface area contributed by atoms with E-state index in [1.54, 1.807) is 0 Å². The van der Waals surface area contributed by atoms with Gasteiger partial charge in [0.1, 0.15) is 5.82 Å². The molecule has 2 aromatic rings. The van der Waals surface area contributed by atoms with Crippen LogP contribution in [0, 0.1) is 5.82 Å². The number of hydrogen-bond donors (Lipinski definition) is 2. The summed E-state index contributed by atoms with van der Waals surface area (Å²) in [6.45, 7) is 0. The smallest absolute Gasteiger partial charge is 0.373 e. The third-order valence-electron chi connectivity index (χ3n) is 1.87. The average molecular weight is 223 g/mol. The van der Waals surface area contributed by atoms with Crippen LogP contribution in [0.3, 0.4) is 0 Å². The summed E-state index contributed by atoms with van der Waals surface area (Å²) in [4.78, 5) is 23.9. The predicted molar refractivity (Wildman–Crippen MR) is 51.1 cm³/mol. The number of aromatic carboxylic acids is 1. The van der Waals surface area contributed by atoms with Crippen molar-refractivity contribution in [1.29, 1.82) is 0 Å². The van der Waals surface area contributed by atoms with Crippen molar-refractivity contribution in [2.75, 3.05) is 0 Å². The van der Waals surface area contributed by atoms with Crippen LogP contribution in [-0.4, -0.2) is 25.8 Å². The molecule has 0 spiro atoms. The molecule has 0 bridgehead atoms. The summed E-state index contributed by atoms with van der Waals surface area (Å²) in [6.07, 6.45) is 0. The van der Waals surface area contributed by atoms with Gasteiger partial charge in [-0.25, -0.2) is 14.0 Å². The molecule has 0 unspecified atom stereocenters. The second-order valence-corrected chi connectivity index (χ2v) is 2.98. The molecule has 16 heavy (non-hydrogen) atoms. The molecule has 7 heteroatoms. The van der Waals surface area contributed by atoms with Crippen LogP contribution >= 0.6 is 0 Å². The lowest BCUT2D eigenvalue weighted by Gasteiger charge is -1.97. The van der Waals surface area contributed by atoms with E-state index in [-0.39, 0.29) is 5.69 Å². The lowest BCUT2D eigenvalue weighted by atomic mass is 10.3. The molecule has 0 saturated carbocycles. The number of carboxylic acid groups (broad SMARTS) is 1. The van der Waals surface area contributed by atoms with Crippen molar-refractivity contribution in [3.63, 3.8) is 0 Å². The van der Waals surface area contributed by atoms with Crippen LogP contribution in [0.4, 0.5) is 4.39 Å². The van der Waals surface area contributed by atoms with E-state index in [1.165, 1.54) is 18.2 Å². The summed E-state index contributed by atoms with van der Waals surface area (Å²) in [5, 5.41) is 12.1. The summed E-state index contributed by atoms with van der Waals surface area (Å²) in [6, 6.07) is 5.12. The van der Waals surface area contributed by atoms with E-state index >= 15 is 0 Å². The first-order chi connectivity index (χ1) is 7.58. The third kappa shape index (κ3) is 1.70. The number of nitrogens with zero attached hydrogens (tertiary/aromatic N) is 2. The summed E-state index contributed by atoms with van der Waals surface area (Å²) >= 11 is 0. The van der Waals surface area contributed by atoms with Crippen molar-refractivity contribution in [3.05, 3.63) is 46.4 Å². The van der Waals surface area contributed by atoms with E-state index in [0.717, 1.165) is 10.7 Å². The number of aromatic nitrogens is 3. The minimum absolute atomic E-state index is 0.161. The minimum atomic E-state index is -1.35. The number of benzene rings is 1. The maximum absolute atomic E-state index is 12.9. The molecule has 1 heterocycles. The zero-order chi connectivity index (χ0) is 11.7. The first-order valence-electron chi connectivity index (χ1n) is 4.26. The van der Waals surface area contributed by atoms with Crippen molar-refractivity contribution in [3.8, 4) is 5.69 Å². The van der Waals surface area contributed by atoms with Crippen molar-refractivity contribution >= 4 is 5.97 Å². The second kappa shape index (κ2) is 3.61. The first-order valence-corrected chi connectivity index (χ1v) is 4.26. The Bertz CT molecular complexity index is 602. The Balaban J connectivity index is 2.56. The molecule has 0 aliphatic rings. The quantitative estimate of drug-likeness (QED) is 0.771. The average Bonchev–Trinajstić information content (AvgIpc) is 2.60. The molecular formula is C9H6FN3O3. The maximum Gasteiger partial charge on any atom is 0.373 e. The Hall–Kier alpha value is -2.44. The lowest BCUT2D eigenvalue weighted by Crippen LogP contribution is -2.15. The van der Waals surface area contributed by atoms with Crippen molar-refractivity contribution in [2.24, 2.45) is 0 Å². The zero-order valence-corrected chi connectivity index (χ0v) is 7.85. The molecule has 2 rings (SSSR count). The SMILES string of the molecule is O=C(O)c1nn(-c2cccc(F)c2)c(=O)[nH]1. The number of H-pyrrole nitrogens is 1. The van der Waals surface area contributed by atoms with Crippen LogP contribution in [0.25, 0.3) is 5.69 Å². The second-order valence-electron chi connectivity index (χ2n) is 2.98. The molecular weight excluding hydrogens is 217 g/mol. The molecule has 1 aromatic heterocycles. The van der Waals surface area contributed by atoms with Gasteiger partial charge in [-0.2, -0.15) is 4.68 Å². The number of aromatic amines is 1. The Morgan fingerprint density at radius 3 is 2.81 bits per heavy atom. The van der Waals surface area contributed by atoms with Gasteiger partial charge < -0.3 is 5.11 Å². The van der Waals surface area contributed by atoms with E-state index in [2.05, 4.69) is 5.10 Å². The monoisotopic (exact) mass is 223 g/mol. The van der Waals surface area contributed by atoms with Crippen molar-refractivity contribution in [2.45, 2.75) is 0 Å². The van der Waals surface area contributed by atoms with Crippen LogP contribution in [0.2, 0.25) is 0 Å². The van der Waals surface area contributed by atoms with Gasteiger partial charge in [-0.15, -0.1) is 5.10 Å². The van der Waals surface area contributed by atoms with Gasteiger partial charge in [-0.3, -0.25) is 4.98 Å². The third-order valence-corrected chi connectivity index (χ3v) is 1.87. The fraction of sp³-hybridized carbons (Fsp3) is 0. The van der Waals surface area contributed by atoms with Gasteiger partial charge in [0.15, 0.2) is 0 Å². The molecule has 0 aliphatic carbocycles. The van der Waals surface area contributed by atoms with Gasteiger partial charge in [-0.1, -0.05) is 6.07 Å². The summed E-state index contributed by atoms with van der Waals surface area (Å²) in [5.74, 6) is -2.38. The summed E-state index contributed by atoms with van der Waals surface area (Å²) in [7, 11) is 0. The van der Waals surface area contributed by atoms with E-state index in [4.69, 9.17) is 5.11 Å². The maximum atomic E-state index is 12.9. The van der Waals surface area contributed by atoms with Gasteiger partial charge in [0.05, 0.1) is 5.69 Å². The molecule has 1 aromatic carbocycles. The molecule has 0 atom stereocenters. The molecule has 0 fully saturated rings. The first kappa shape index (κ1) is 10.1. The molecule has 0 amide bonds. The highest BCUT2D eigenvalue weighted by Crippen LogP contribution is 2.06. The van der Waals surface area contributed by atoms with Crippen molar-refractivity contribution in [1.82, 2.24) is 14.8 Å². The highest BCUT2D eigenvalue weighted by Gasteiger charge is 2.12. The van der Waals surface area contributed by atoms with Crippen molar-refractivity contribution < 1.29 is 14.3 Å². The molecule has 0 saturated heterocycles. The number of carbonyl (C=O) groups is 1. The molecule has 0 radical (unpaired) electrons. The van der Waals surface area contributed by atoms with Crippen LogP contribution in [0.5, 0.6) is 0 Å². The van der Waals surface area contributed by atoms with Gasteiger partial charge >= 0.3 is 11.7 Å². The van der Waals surface area contributed by atoms with Gasteiger partial charge in [0, 0.05) is 0 Å². The molecule has 0 aliphatic heterocycles. The number of rotatable bonds is 2. The van der Waals surface area contributed by atoms with E-state index < -0.39 is 23.3 Å². The Morgan fingerprint density at radius 1 is 1.50 bits per heavy atom. The Morgan fingerprint density at radius 2 is 2.25 bits per heavy atom. The molecule has 2 N–H and O–H groups in total. The normalized spacial score (nSPS) is 10.3. The Labute approximate surface area is 88.0 Å². The van der Waals surface area contributed by atoms with Crippen LogP contribution in [-0.2, 0) is 0 Å². The van der Waals surface area contributed by atoms with E-state index in [0.29, 0.717) is 0 Å². The Kier molecular flexibility index (Phi) is 2.28. The van der Waals surface area contributed by atoms with E-state index in [9.17, 15) is 14.0 Å². The topological polar surface area (TPSA) is 88.0 Å². The largest absolute Gasteiger partial charge is 0.475 e. The lowest BCUT2D eigenvalue weighted by molar-refractivity contribution is 0.0683. The zero-order valence-electron chi connectivity index (χ0n) is 7.85. The molecule has 82 valence electrons.